The van der Waals surface area contributed by atoms with Gasteiger partial charge in [-0.1, -0.05) is 42.5 Å². The number of hydrogen-bond donors (Lipinski definition) is 1. The van der Waals surface area contributed by atoms with Crippen LogP contribution in [0.4, 0.5) is 4.79 Å². The largest absolute Gasteiger partial charge is 0.337 e. The zero-order valence-electron chi connectivity index (χ0n) is 17.0. The number of hydrogen-bond acceptors (Lipinski definition) is 4. The summed E-state index contributed by atoms with van der Waals surface area (Å²) in [4.78, 5) is 16.3. The fourth-order valence-corrected chi connectivity index (χ4v) is 5.29. The van der Waals surface area contributed by atoms with Crippen molar-refractivity contribution in [1.82, 2.24) is 15.1 Å². The molecule has 156 valence electrons. The number of sulfone groups is 1. The number of carbonyl (C=O) groups excluding carboxylic acids is 1. The van der Waals surface area contributed by atoms with Crippen LogP contribution in [0.2, 0.25) is 0 Å². The van der Waals surface area contributed by atoms with Crippen LogP contribution in [0.5, 0.6) is 0 Å². The average molecular weight is 416 g/mol. The zero-order valence-corrected chi connectivity index (χ0v) is 17.9. The number of carbonyl (C=O) groups is 1. The van der Waals surface area contributed by atoms with Crippen LogP contribution in [0.3, 0.4) is 0 Å². The molecule has 1 saturated heterocycles. The predicted molar refractivity (Wildman–Crippen MR) is 116 cm³/mol. The Labute approximate surface area is 173 Å². The minimum Gasteiger partial charge on any atom is -0.337 e. The molecule has 1 aliphatic heterocycles. The van der Waals surface area contributed by atoms with Gasteiger partial charge in [0.05, 0.1) is 10.1 Å². The van der Waals surface area contributed by atoms with Gasteiger partial charge in [-0.05, 0) is 50.2 Å². The number of nitrogens with one attached hydrogen (secondary N) is 1. The van der Waals surface area contributed by atoms with E-state index in [9.17, 15) is 13.2 Å². The summed E-state index contributed by atoms with van der Waals surface area (Å²) >= 11 is 0. The fourth-order valence-electron chi connectivity index (χ4n) is 3.53. The van der Waals surface area contributed by atoms with E-state index < -0.39 is 15.1 Å². The Morgan fingerprint density at radius 1 is 1.07 bits per heavy atom. The molecule has 1 unspecified atom stereocenters. The highest BCUT2D eigenvalue weighted by Crippen LogP contribution is 2.26. The van der Waals surface area contributed by atoms with Crippen molar-refractivity contribution in [3.63, 3.8) is 0 Å². The first-order chi connectivity index (χ1) is 13.9. The molecule has 0 aromatic heterocycles. The molecule has 7 heteroatoms. The second kappa shape index (κ2) is 9.41. The lowest BCUT2D eigenvalue weighted by molar-refractivity contribution is 0.186. The Hall–Kier alpha value is -2.38. The number of rotatable bonds is 6. The number of piperidine rings is 1. The standard InChI is InChI=1S/C22H29N3O3S/c1-24(2)16-14-23-22(26)25-15-6-9-21(17-25)29(27,28)20-12-10-19(11-13-20)18-7-4-3-5-8-18/h3-5,7-8,10-13,21H,6,9,14-17H2,1-2H3,(H,23,26). The Bertz CT molecular complexity index is 912. The molecule has 6 nitrogen and oxygen atoms in total. The molecule has 29 heavy (non-hydrogen) atoms. The molecule has 1 fully saturated rings. The Morgan fingerprint density at radius 3 is 2.38 bits per heavy atom. The van der Waals surface area contributed by atoms with Crippen molar-refractivity contribution in [3.8, 4) is 11.1 Å². The minimum absolute atomic E-state index is 0.189. The van der Waals surface area contributed by atoms with Gasteiger partial charge in [-0.2, -0.15) is 0 Å². The summed E-state index contributed by atoms with van der Waals surface area (Å²) in [6.07, 6.45) is 1.26. The fraction of sp³-hybridized carbons (Fsp3) is 0.409. The lowest BCUT2D eigenvalue weighted by Crippen LogP contribution is -2.49. The van der Waals surface area contributed by atoms with Gasteiger partial charge in [0.25, 0.3) is 0 Å². The molecule has 1 atom stereocenters. The van der Waals surface area contributed by atoms with Crippen molar-refractivity contribution >= 4 is 15.9 Å². The SMILES string of the molecule is CN(C)CCNC(=O)N1CCCC(S(=O)(=O)c2ccc(-c3ccccc3)cc2)C1. The van der Waals surface area contributed by atoms with Crippen LogP contribution in [0.25, 0.3) is 11.1 Å². The molecular weight excluding hydrogens is 386 g/mol. The third kappa shape index (κ3) is 5.36. The van der Waals surface area contributed by atoms with Crippen molar-refractivity contribution < 1.29 is 13.2 Å². The molecule has 2 amide bonds. The molecule has 3 rings (SSSR count). The van der Waals surface area contributed by atoms with Crippen LogP contribution >= 0.6 is 0 Å². The van der Waals surface area contributed by atoms with E-state index in [1.165, 1.54) is 0 Å². The van der Waals surface area contributed by atoms with Crippen molar-refractivity contribution in [2.24, 2.45) is 0 Å². The van der Waals surface area contributed by atoms with Gasteiger partial charge >= 0.3 is 6.03 Å². The van der Waals surface area contributed by atoms with Crippen LogP contribution in [0, 0.1) is 0 Å². The van der Waals surface area contributed by atoms with Crippen LogP contribution in [-0.4, -0.2) is 69.8 Å². The van der Waals surface area contributed by atoms with E-state index in [1.807, 2.05) is 61.5 Å². The summed E-state index contributed by atoms with van der Waals surface area (Å²) in [6, 6.07) is 16.7. The molecule has 0 saturated carbocycles. The maximum absolute atomic E-state index is 13.1. The molecule has 2 aromatic rings. The first-order valence-electron chi connectivity index (χ1n) is 9.95. The van der Waals surface area contributed by atoms with Gasteiger partial charge in [0.2, 0.25) is 0 Å². The Morgan fingerprint density at radius 2 is 1.72 bits per heavy atom. The topological polar surface area (TPSA) is 69.7 Å². The molecular formula is C22H29N3O3S. The normalized spacial score (nSPS) is 17.3. The molecule has 0 spiro atoms. The van der Waals surface area contributed by atoms with Crippen LogP contribution in [0.15, 0.2) is 59.5 Å². The zero-order chi connectivity index (χ0) is 20.9. The lowest BCUT2D eigenvalue weighted by atomic mass is 10.1. The Kier molecular flexibility index (Phi) is 6.92. The van der Waals surface area contributed by atoms with E-state index >= 15 is 0 Å². The van der Waals surface area contributed by atoms with E-state index in [0.717, 1.165) is 17.7 Å². The first-order valence-corrected chi connectivity index (χ1v) is 11.5. The molecule has 0 aliphatic carbocycles. The van der Waals surface area contributed by atoms with Gasteiger partial charge in [0, 0.05) is 26.2 Å². The molecule has 1 N–H and O–H groups in total. The van der Waals surface area contributed by atoms with E-state index in [4.69, 9.17) is 0 Å². The maximum atomic E-state index is 13.1. The number of benzene rings is 2. The predicted octanol–water partition coefficient (Wildman–Crippen LogP) is 2.86. The highest BCUT2D eigenvalue weighted by atomic mass is 32.2. The summed E-state index contributed by atoms with van der Waals surface area (Å²) < 4.78 is 26.3. The first kappa shape index (κ1) is 21.3. The summed E-state index contributed by atoms with van der Waals surface area (Å²) in [5.41, 5.74) is 2.03. The number of likely N-dealkylation sites (N-methyl/N-ethyl adjacent to an activating group) is 1. The third-order valence-electron chi connectivity index (χ3n) is 5.23. The smallest absolute Gasteiger partial charge is 0.317 e. The summed E-state index contributed by atoms with van der Waals surface area (Å²) in [6.45, 7) is 2.11. The van der Waals surface area contributed by atoms with Gasteiger partial charge in [0.1, 0.15) is 0 Å². The highest BCUT2D eigenvalue weighted by Gasteiger charge is 2.33. The summed E-state index contributed by atoms with van der Waals surface area (Å²) in [7, 11) is 0.395. The van der Waals surface area contributed by atoms with Gasteiger partial charge in [-0.15, -0.1) is 0 Å². The number of urea groups is 1. The van der Waals surface area contributed by atoms with Gasteiger partial charge in [-0.3, -0.25) is 0 Å². The van der Waals surface area contributed by atoms with Gasteiger partial charge in [0.15, 0.2) is 9.84 Å². The van der Waals surface area contributed by atoms with Gasteiger partial charge < -0.3 is 15.1 Å². The maximum Gasteiger partial charge on any atom is 0.317 e. The quantitative estimate of drug-likeness (QED) is 0.788. The molecule has 1 aliphatic rings. The second-order valence-corrected chi connectivity index (χ2v) is 9.91. The second-order valence-electron chi connectivity index (χ2n) is 7.68. The molecule has 2 aromatic carbocycles. The average Bonchev–Trinajstić information content (AvgIpc) is 2.74. The van der Waals surface area contributed by atoms with Crippen LogP contribution in [0.1, 0.15) is 12.8 Å². The highest BCUT2D eigenvalue weighted by molar-refractivity contribution is 7.92. The van der Waals surface area contributed by atoms with Crippen molar-refractivity contribution in [2.45, 2.75) is 23.0 Å². The molecule has 1 heterocycles. The molecule has 0 radical (unpaired) electrons. The van der Waals surface area contributed by atoms with Crippen LogP contribution < -0.4 is 5.32 Å². The van der Waals surface area contributed by atoms with Gasteiger partial charge in [-0.25, -0.2) is 13.2 Å². The monoisotopic (exact) mass is 415 g/mol. The van der Waals surface area contributed by atoms with E-state index in [-0.39, 0.29) is 12.6 Å². The number of amides is 2. The van der Waals surface area contributed by atoms with E-state index in [2.05, 4.69) is 5.32 Å². The van der Waals surface area contributed by atoms with Crippen molar-refractivity contribution in [2.75, 3.05) is 40.3 Å². The van der Waals surface area contributed by atoms with Crippen molar-refractivity contribution in [3.05, 3.63) is 54.6 Å². The van der Waals surface area contributed by atoms with Crippen LogP contribution in [-0.2, 0) is 9.84 Å². The molecule has 0 bridgehead atoms. The Balaban J connectivity index is 1.68. The summed E-state index contributed by atoms with van der Waals surface area (Å²) in [5.74, 6) is 0. The third-order valence-corrected chi connectivity index (χ3v) is 7.42. The summed E-state index contributed by atoms with van der Waals surface area (Å²) in [5, 5.41) is 2.30. The minimum atomic E-state index is -3.49. The lowest BCUT2D eigenvalue weighted by Gasteiger charge is -2.32. The van der Waals surface area contributed by atoms with Crippen molar-refractivity contribution in [1.29, 1.82) is 0 Å². The van der Waals surface area contributed by atoms with E-state index in [1.54, 1.807) is 17.0 Å². The number of nitrogens with zero attached hydrogens (tertiary/aromatic N) is 2. The number of likely N-dealkylation sites (tertiary alicyclic amines) is 1. The van der Waals surface area contributed by atoms with E-state index in [0.29, 0.717) is 30.8 Å².